The SMILES string of the molecule is C[C@@H](NC/C=C/C#CCCN)c1cccc2ccccc12. The summed E-state index contributed by atoms with van der Waals surface area (Å²) in [5.74, 6) is 5.97. The number of fused-ring (bicyclic) bond motifs is 1. The highest BCUT2D eigenvalue weighted by Crippen LogP contribution is 2.23. The van der Waals surface area contributed by atoms with Crippen molar-refractivity contribution in [2.45, 2.75) is 19.4 Å². The first-order valence-electron chi connectivity index (χ1n) is 7.37. The van der Waals surface area contributed by atoms with Crippen LogP contribution in [0.4, 0.5) is 0 Å². The Bertz CT molecular complexity index is 657. The molecule has 0 aliphatic carbocycles. The molecule has 2 aromatic rings. The standard InChI is InChI=1S/C19H22N2/c1-16(21-15-8-4-2-3-7-14-20)18-13-9-11-17-10-5-6-12-19(17)18/h4-6,8-13,16,21H,7,14-15,20H2,1H3/b8-4+/t16-/m1/s1. The molecule has 0 aromatic heterocycles. The Kier molecular flexibility index (Phi) is 6.02. The predicted molar refractivity (Wildman–Crippen MR) is 91.0 cm³/mol. The van der Waals surface area contributed by atoms with Crippen molar-refractivity contribution < 1.29 is 0 Å². The van der Waals surface area contributed by atoms with Crippen molar-refractivity contribution in [3.63, 3.8) is 0 Å². The molecule has 0 aliphatic heterocycles. The van der Waals surface area contributed by atoms with Crippen LogP contribution >= 0.6 is 0 Å². The second-order valence-electron chi connectivity index (χ2n) is 4.96. The van der Waals surface area contributed by atoms with E-state index in [1.165, 1.54) is 16.3 Å². The third-order valence-electron chi connectivity index (χ3n) is 3.40. The molecular weight excluding hydrogens is 256 g/mol. The van der Waals surface area contributed by atoms with Crippen LogP contribution in [0.1, 0.15) is 24.9 Å². The van der Waals surface area contributed by atoms with Gasteiger partial charge in [-0.1, -0.05) is 60.4 Å². The van der Waals surface area contributed by atoms with Gasteiger partial charge in [-0.3, -0.25) is 0 Å². The summed E-state index contributed by atoms with van der Waals surface area (Å²) in [6, 6.07) is 15.2. The predicted octanol–water partition coefficient (Wildman–Crippen LogP) is 3.40. The zero-order chi connectivity index (χ0) is 14.9. The lowest BCUT2D eigenvalue weighted by atomic mass is 10.00. The second-order valence-corrected chi connectivity index (χ2v) is 4.96. The fourth-order valence-corrected chi connectivity index (χ4v) is 2.30. The van der Waals surface area contributed by atoms with Gasteiger partial charge in [0.1, 0.15) is 0 Å². The molecule has 21 heavy (non-hydrogen) atoms. The van der Waals surface area contributed by atoms with E-state index in [4.69, 9.17) is 5.73 Å². The van der Waals surface area contributed by atoms with Gasteiger partial charge in [-0.15, -0.1) is 0 Å². The van der Waals surface area contributed by atoms with Gasteiger partial charge in [0, 0.05) is 25.6 Å². The van der Waals surface area contributed by atoms with E-state index in [1.54, 1.807) is 0 Å². The van der Waals surface area contributed by atoms with Gasteiger partial charge in [0.2, 0.25) is 0 Å². The average Bonchev–Trinajstić information content (AvgIpc) is 2.53. The number of hydrogen-bond acceptors (Lipinski definition) is 2. The lowest BCUT2D eigenvalue weighted by Crippen LogP contribution is -2.18. The summed E-state index contributed by atoms with van der Waals surface area (Å²) < 4.78 is 0. The summed E-state index contributed by atoms with van der Waals surface area (Å²) in [6.45, 7) is 3.62. The monoisotopic (exact) mass is 278 g/mol. The van der Waals surface area contributed by atoms with E-state index in [0.717, 1.165) is 13.0 Å². The van der Waals surface area contributed by atoms with Crippen molar-refractivity contribution in [3.05, 3.63) is 60.2 Å². The first kappa shape index (κ1) is 15.3. The highest BCUT2D eigenvalue weighted by Gasteiger charge is 2.07. The van der Waals surface area contributed by atoms with Crippen LogP contribution in [-0.2, 0) is 0 Å². The van der Waals surface area contributed by atoms with Gasteiger partial charge in [-0.2, -0.15) is 0 Å². The zero-order valence-electron chi connectivity index (χ0n) is 12.5. The molecule has 108 valence electrons. The molecule has 2 rings (SSSR count). The Labute approximate surface area is 127 Å². The molecule has 0 heterocycles. The number of hydrogen-bond donors (Lipinski definition) is 2. The average molecular weight is 278 g/mol. The highest BCUT2D eigenvalue weighted by atomic mass is 14.9. The van der Waals surface area contributed by atoms with E-state index in [0.29, 0.717) is 12.6 Å². The first-order chi connectivity index (χ1) is 10.3. The van der Waals surface area contributed by atoms with Crippen LogP contribution in [0.25, 0.3) is 10.8 Å². The summed E-state index contributed by atoms with van der Waals surface area (Å²) in [4.78, 5) is 0. The Morgan fingerprint density at radius 2 is 2.00 bits per heavy atom. The fourth-order valence-electron chi connectivity index (χ4n) is 2.30. The normalized spacial score (nSPS) is 12.3. The fraction of sp³-hybridized carbons (Fsp3) is 0.263. The molecule has 0 amide bonds. The lowest BCUT2D eigenvalue weighted by molar-refractivity contribution is 0.621. The molecule has 0 saturated heterocycles. The molecule has 2 aromatic carbocycles. The van der Waals surface area contributed by atoms with Crippen LogP contribution in [0, 0.1) is 11.8 Å². The summed E-state index contributed by atoms with van der Waals surface area (Å²) in [5.41, 5.74) is 6.71. The van der Waals surface area contributed by atoms with E-state index in [1.807, 2.05) is 12.2 Å². The van der Waals surface area contributed by atoms with Crippen LogP contribution in [0.3, 0.4) is 0 Å². The Morgan fingerprint density at radius 1 is 1.19 bits per heavy atom. The Hall–Kier alpha value is -2.08. The van der Waals surface area contributed by atoms with Gasteiger partial charge in [0.05, 0.1) is 0 Å². The summed E-state index contributed by atoms with van der Waals surface area (Å²) in [5, 5.41) is 6.10. The van der Waals surface area contributed by atoms with Crippen molar-refractivity contribution >= 4 is 10.8 Å². The van der Waals surface area contributed by atoms with Gasteiger partial charge in [-0.05, 0) is 29.3 Å². The number of allylic oxidation sites excluding steroid dienone is 1. The van der Waals surface area contributed by atoms with Gasteiger partial charge in [-0.25, -0.2) is 0 Å². The molecule has 0 radical (unpaired) electrons. The largest absolute Gasteiger partial charge is 0.330 e. The van der Waals surface area contributed by atoms with E-state index in [2.05, 4.69) is 66.5 Å². The smallest absolute Gasteiger partial charge is 0.0300 e. The maximum Gasteiger partial charge on any atom is 0.0300 e. The summed E-state index contributed by atoms with van der Waals surface area (Å²) in [6.07, 6.45) is 4.69. The van der Waals surface area contributed by atoms with Crippen LogP contribution in [0.2, 0.25) is 0 Å². The highest BCUT2D eigenvalue weighted by molar-refractivity contribution is 5.86. The molecule has 0 fully saturated rings. The maximum absolute atomic E-state index is 5.38. The molecule has 3 N–H and O–H groups in total. The third-order valence-corrected chi connectivity index (χ3v) is 3.40. The third kappa shape index (κ3) is 4.46. The molecule has 1 atom stereocenters. The van der Waals surface area contributed by atoms with Gasteiger partial charge in [0.25, 0.3) is 0 Å². The molecule has 0 bridgehead atoms. The van der Waals surface area contributed by atoms with E-state index >= 15 is 0 Å². The number of rotatable bonds is 5. The quantitative estimate of drug-likeness (QED) is 0.823. The van der Waals surface area contributed by atoms with Crippen LogP contribution in [-0.4, -0.2) is 13.1 Å². The van der Waals surface area contributed by atoms with Gasteiger partial charge >= 0.3 is 0 Å². The minimum Gasteiger partial charge on any atom is -0.330 e. The molecule has 0 saturated carbocycles. The van der Waals surface area contributed by atoms with Gasteiger partial charge < -0.3 is 11.1 Å². The molecule has 0 aliphatic rings. The van der Waals surface area contributed by atoms with Crippen molar-refractivity contribution in [1.82, 2.24) is 5.32 Å². The maximum atomic E-state index is 5.38. The van der Waals surface area contributed by atoms with Crippen LogP contribution in [0.15, 0.2) is 54.6 Å². The van der Waals surface area contributed by atoms with Crippen LogP contribution in [0.5, 0.6) is 0 Å². The topological polar surface area (TPSA) is 38.0 Å². The Morgan fingerprint density at radius 3 is 2.86 bits per heavy atom. The van der Waals surface area contributed by atoms with Crippen molar-refractivity contribution in [2.75, 3.05) is 13.1 Å². The van der Waals surface area contributed by atoms with Crippen LogP contribution < -0.4 is 11.1 Å². The molecular formula is C19H22N2. The van der Waals surface area contributed by atoms with Crippen molar-refractivity contribution in [1.29, 1.82) is 0 Å². The molecule has 0 unspecified atom stereocenters. The minimum atomic E-state index is 0.303. The summed E-state index contributed by atoms with van der Waals surface area (Å²) in [7, 11) is 0. The molecule has 2 heteroatoms. The number of nitrogens with one attached hydrogen (secondary N) is 1. The second kappa shape index (κ2) is 8.26. The first-order valence-corrected chi connectivity index (χ1v) is 7.37. The van der Waals surface area contributed by atoms with Crippen molar-refractivity contribution in [3.8, 4) is 11.8 Å². The van der Waals surface area contributed by atoms with E-state index in [9.17, 15) is 0 Å². The zero-order valence-corrected chi connectivity index (χ0v) is 12.5. The number of nitrogens with two attached hydrogens (primary N) is 1. The molecule has 2 nitrogen and oxygen atoms in total. The minimum absolute atomic E-state index is 0.303. The lowest BCUT2D eigenvalue weighted by Gasteiger charge is -2.15. The van der Waals surface area contributed by atoms with Crippen molar-refractivity contribution in [2.24, 2.45) is 5.73 Å². The van der Waals surface area contributed by atoms with Gasteiger partial charge in [0.15, 0.2) is 0 Å². The summed E-state index contributed by atoms with van der Waals surface area (Å²) >= 11 is 0. The Balaban J connectivity index is 1.97. The van der Waals surface area contributed by atoms with E-state index < -0.39 is 0 Å². The van der Waals surface area contributed by atoms with E-state index in [-0.39, 0.29) is 0 Å². The number of benzene rings is 2. The molecule has 0 spiro atoms.